The summed E-state index contributed by atoms with van der Waals surface area (Å²) < 4.78 is 5.56. The Bertz CT molecular complexity index is 1010. The number of hydrogen-bond acceptors (Lipinski definition) is 9. The Labute approximate surface area is 162 Å². The summed E-state index contributed by atoms with van der Waals surface area (Å²) in [4.78, 5) is 32.9. The molecule has 2 heterocycles. The van der Waals surface area contributed by atoms with E-state index in [0.29, 0.717) is 17.1 Å². The largest absolute Gasteiger partial charge is 0.550 e. The summed E-state index contributed by atoms with van der Waals surface area (Å²) in [6.07, 6.45) is 0.853. The number of nitrogens with one attached hydrogen (secondary N) is 1. The standard InChI is InChI=1S/C17H14N4O6S/c1-9-2-4-11(12(6-9)21(25)26)13-5-3-10(27-13)8-18-20-17-19-16(24)14(28-17)7-15(22)23/h2-6,8,14H,7H2,1H3,(H,22,23)(H,19,20,24)/p-1/b18-8-/t14-/m0/s1. The summed E-state index contributed by atoms with van der Waals surface area (Å²) in [5.41, 5.74) is 1.03. The molecule has 0 unspecified atom stereocenters. The number of furan rings is 1. The van der Waals surface area contributed by atoms with Crippen LogP contribution in [0.15, 0.2) is 45.0 Å². The zero-order valence-electron chi connectivity index (χ0n) is 14.4. The highest BCUT2D eigenvalue weighted by Crippen LogP contribution is 2.31. The molecule has 2 aromatic rings. The van der Waals surface area contributed by atoms with Crippen LogP contribution in [0.1, 0.15) is 17.7 Å². The van der Waals surface area contributed by atoms with Crippen LogP contribution in [0.5, 0.6) is 0 Å². The monoisotopic (exact) mass is 401 g/mol. The van der Waals surface area contributed by atoms with Gasteiger partial charge in [0, 0.05) is 18.5 Å². The summed E-state index contributed by atoms with van der Waals surface area (Å²) >= 11 is 0.940. The fraction of sp³-hybridized carbons (Fsp3) is 0.176. The lowest BCUT2D eigenvalue weighted by molar-refractivity contribution is -0.384. The fourth-order valence-corrected chi connectivity index (χ4v) is 3.35. The zero-order chi connectivity index (χ0) is 20.3. The van der Waals surface area contributed by atoms with Crippen molar-refractivity contribution in [2.45, 2.75) is 18.6 Å². The number of amidine groups is 1. The number of rotatable bonds is 6. The predicted octanol–water partition coefficient (Wildman–Crippen LogP) is 1.22. The average Bonchev–Trinajstić information content (AvgIpc) is 3.21. The van der Waals surface area contributed by atoms with Gasteiger partial charge in [0.15, 0.2) is 5.17 Å². The second-order valence-corrected chi connectivity index (χ2v) is 6.99. The van der Waals surface area contributed by atoms with Crippen molar-refractivity contribution in [3.63, 3.8) is 0 Å². The third kappa shape index (κ3) is 4.43. The number of carboxylic acid groups (broad SMARTS) is 1. The van der Waals surface area contributed by atoms with Crippen LogP contribution in [0.3, 0.4) is 0 Å². The molecule has 1 N–H and O–H groups in total. The van der Waals surface area contributed by atoms with Crippen molar-refractivity contribution >= 4 is 40.7 Å². The molecule has 1 aromatic carbocycles. The van der Waals surface area contributed by atoms with Gasteiger partial charge in [-0.05, 0) is 30.7 Å². The number of aliphatic carboxylic acids is 1. The number of aryl methyl sites for hydroxylation is 1. The maximum Gasteiger partial charge on any atom is 0.280 e. The van der Waals surface area contributed by atoms with Crippen LogP contribution < -0.4 is 10.4 Å². The number of carbonyl (C=O) groups is 2. The molecular weight excluding hydrogens is 388 g/mol. The number of amides is 1. The van der Waals surface area contributed by atoms with Gasteiger partial charge in [-0.3, -0.25) is 14.9 Å². The highest BCUT2D eigenvalue weighted by atomic mass is 32.2. The summed E-state index contributed by atoms with van der Waals surface area (Å²) in [5.74, 6) is -1.20. The Morgan fingerprint density at radius 2 is 2.18 bits per heavy atom. The number of nitrogens with zero attached hydrogens (tertiary/aromatic N) is 3. The van der Waals surface area contributed by atoms with E-state index in [4.69, 9.17) is 4.42 Å². The molecule has 11 heteroatoms. The molecule has 144 valence electrons. The van der Waals surface area contributed by atoms with E-state index in [1.807, 2.05) is 0 Å². The molecule has 0 radical (unpaired) electrons. The molecule has 0 aliphatic carbocycles. The number of carboxylic acids is 1. The molecule has 3 rings (SSSR count). The average molecular weight is 401 g/mol. The Balaban J connectivity index is 1.73. The normalized spacial score (nSPS) is 18.0. The Hall–Kier alpha value is -3.47. The third-order valence-electron chi connectivity index (χ3n) is 3.70. The van der Waals surface area contributed by atoms with Crippen molar-refractivity contribution in [1.29, 1.82) is 0 Å². The van der Waals surface area contributed by atoms with Gasteiger partial charge in [-0.15, -0.1) is 5.10 Å². The minimum absolute atomic E-state index is 0.0675. The number of nitro benzene ring substituents is 1. The first-order valence-corrected chi connectivity index (χ1v) is 8.85. The van der Waals surface area contributed by atoms with Crippen molar-refractivity contribution in [3.8, 4) is 11.3 Å². The Morgan fingerprint density at radius 1 is 1.39 bits per heavy atom. The minimum Gasteiger partial charge on any atom is -0.550 e. The lowest BCUT2D eigenvalue weighted by Gasteiger charge is -2.04. The number of hydrogen-bond donors (Lipinski definition) is 1. The molecule has 1 amide bonds. The Kier molecular flexibility index (Phi) is 5.54. The van der Waals surface area contributed by atoms with Gasteiger partial charge in [0.25, 0.3) is 5.69 Å². The molecular formula is C17H13N4O6S-. The molecule has 28 heavy (non-hydrogen) atoms. The number of benzene rings is 1. The summed E-state index contributed by atoms with van der Waals surface area (Å²) in [6, 6.07) is 7.96. The number of nitro groups is 1. The van der Waals surface area contributed by atoms with Crippen molar-refractivity contribution in [2.75, 3.05) is 0 Å². The molecule has 1 saturated heterocycles. The van der Waals surface area contributed by atoms with Crippen LogP contribution in [0.4, 0.5) is 5.69 Å². The van der Waals surface area contributed by atoms with Gasteiger partial charge in [0.05, 0.1) is 22.0 Å². The van der Waals surface area contributed by atoms with E-state index in [-0.39, 0.29) is 10.9 Å². The highest BCUT2D eigenvalue weighted by molar-refractivity contribution is 8.15. The maximum atomic E-state index is 11.6. The van der Waals surface area contributed by atoms with Gasteiger partial charge in [-0.25, -0.2) is 0 Å². The summed E-state index contributed by atoms with van der Waals surface area (Å²) in [7, 11) is 0. The van der Waals surface area contributed by atoms with E-state index >= 15 is 0 Å². The number of carbonyl (C=O) groups excluding carboxylic acids is 2. The van der Waals surface area contributed by atoms with Gasteiger partial charge < -0.3 is 19.6 Å². The third-order valence-corrected chi connectivity index (χ3v) is 4.78. The zero-order valence-corrected chi connectivity index (χ0v) is 15.3. The van der Waals surface area contributed by atoms with Gasteiger partial charge in [0.1, 0.15) is 11.5 Å². The highest BCUT2D eigenvalue weighted by Gasteiger charge is 2.30. The van der Waals surface area contributed by atoms with Gasteiger partial charge in [0.2, 0.25) is 5.91 Å². The summed E-state index contributed by atoms with van der Waals surface area (Å²) in [5, 5.41) is 31.2. The van der Waals surface area contributed by atoms with Gasteiger partial charge in [-0.1, -0.05) is 17.8 Å². The van der Waals surface area contributed by atoms with Crippen LogP contribution in [0.25, 0.3) is 11.3 Å². The fourth-order valence-electron chi connectivity index (χ4n) is 2.44. The maximum absolute atomic E-state index is 11.6. The lowest BCUT2D eigenvalue weighted by Crippen LogP contribution is -2.31. The molecule has 0 spiro atoms. The van der Waals surface area contributed by atoms with Crippen LogP contribution in [0, 0.1) is 17.0 Å². The predicted molar refractivity (Wildman–Crippen MR) is 99.7 cm³/mol. The van der Waals surface area contributed by atoms with Crippen molar-refractivity contribution in [3.05, 3.63) is 51.8 Å². The van der Waals surface area contributed by atoms with Crippen LogP contribution >= 0.6 is 11.8 Å². The van der Waals surface area contributed by atoms with E-state index in [1.54, 1.807) is 31.2 Å². The Morgan fingerprint density at radius 3 is 2.89 bits per heavy atom. The second-order valence-electron chi connectivity index (χ2n) is 5.80. The van der Waals surface area contributed by atoms with Crippen LogP contribution in [0.2, 0.25) is 0 Å². The molecule has 0 bridgehead atoms. The topological polar surface area (TPSA) is 150 Å². The minimum atomic E-state index is -1.33. The SMILES string of the molecule is Cc1ccc(-c2ccc(/C=N\N=C3\NC(=O)[C@H](CC(=O)[O-])S3)o2)c([N+](=O)[O-])c1. The molecule has 10 nitrogen and oxygen atoms in total. The molecule has 0 saturated carbocycles. The van der Waals surface area contributed by atoms with Crippen LogP contribution in [-0.4, -0.2) is 33.4 Å². The molecule has 1 aromatic heterocycles. The first-order chi connectivity index (χ1) is 13.3. The van der Waals surface area contributed by atoms with Crippen LogP contribution in [-0.2, 0) is 9.59 Å². The second kappa shape index (κ2) is 8.05. The van der Waals surface area contributed by atoms with Gasteiger partial charge >= 0.3 is 0 Å². The van der Waals surface area contributed by atoms with Crippen molar-refractivity contribution in [1.82, 2.24) is 5.32 Å². The van der Waals surface area contributed by atoms with E-state index in [9.17, 15) is 24.8 Å². The lowest BCUT2D eigenvalue weighted by atomic mass is 10.1. The molecule has 1 fully saturated rings. The van der Waals surface area contributed by atoms with E-state index in [0.717, 1.165) is 17.3 Å². The van der Waals surface area contributed by atoms with Gasteiger partial charge in [-0.2, -0.15) is 5.10 Å². The number of thioether (sulfide) groups is 1. The van der Waals surface area contributed by atoms with Crippen molar-refractivity contribution in [2.24, 2.45) is 10.2 Å². The van der Waals surface area contributed by atoms with Crippen molar-refractivity contribution < 1.29 is 24.0 Å². The first-order valence-electron chi connectivity index (χ1n) is 7.97. The van der Waals surface area contributed by atoms with E-state index in [2.05, 4.69) is 15.5 Å². The smallest absolute Gasteiger partial charge is 0.280 e. The first kappa shape index (κ1) is 19.3. The quantitative estimate of drug-likeness (QED) is 0.434. The summed E-state index contributed by atoms with van der Waals surface area (Å²) in [6.45, 7) is 1.76. The molecule has 1 aliphatic heterocycles. The van der Waals surface area contributed by atoms with E-state index in [1.165, 1.54) is 12.3 Å². The van der Waals surface area contributed by atoms with E-state index < -0.39 is 28.5 Å². The molecule has 1 atom stereocenters. The molecule has 1 aliphatic rings.